The molecule has 0 saturated carbocycles. The molecule has 226 valence electrons. The van der Waals surface area contributed by atoms with Crippen molar-refractivity contribution in [2.75, 3.05) is 20.8 Å². The zero-order chi connectivity index (χ0) is 29.9. The van der Waals surface area contributed by atoms with E-state index < -0.39 is 11.7 Å². The molecule has 0 spiro atoms. The second kappa shape index (κ2) is 12.7. The normalized spacial score (nSPS) is 30.9. The van der Waals surface area contributed by atoms with Crippen molar-refractivity contribution in [3.8, 4) is 11.5 Å². The number of Topliss-reactive ketones (excluding diaryl/α,β-unsaturated/α-hetero) is 1. The fourth-order valence-corrected chi connectivity index (χ4v) is 6.57. The van der Waals surface area contributed by atoms with Gasteiger partial charge in [-0.3, -0.25) is 4.79 Å². The minimum atomic E-state index is -0.443. The topological polar surface area (TPSA) is 66.5 Å². The maximum atomic E-state index is 14.4. The Hall–Kier alpha value is -2.93. The van der Waals surface area contributed by atoms with Crippen LogP contribution in [0.4, 0.5) is 0 Å². The van der Waals surface area contributed by atoms with Gasteiger partial charge in [-0.05, 0) is 98.2 Å². The van der Waals surface area contributed by atoms with E-state index in [4.69, 9.17) is 23.7 Å². The van der Waals surface area contributed by atoms with Crippen molar-refractivity contribution in [3.63, 3.8) is 0 Å². The van der Waals surface area contributed by atoms with E-state index in [-0.39, 0.29) is 17.3 Å². The number of allylic oxidation sites excluding steroid dienone is 2. The highest BCUT2D eigenvalue weighted by Crippen LogP contribution is 2.52. The fourth-order valence-electron chi connectivity index (χ4n) is 6.57. The van der Waals surface area contributed by atoms with Gasteiger partial charge in [-0.15, -0.1) is 0 Å². The zero-order valence-electron chi connectivity index (χ0n) is 26.0. The Bertz CT molecular complexity index is 1310. The monoisotopic (exact) mass is 574 g/mol. The SMILES string of the molecule is COc1ccc(COCC2=C3C(=O)[C@H]4O[C@]4(C)CC/C=C(\C)CC[C@@]2(C)[C@H](C)C[C@H]3OCc2ccc(OC)cc2)cc1. The van der Waals surface area contributed by atoms with Crippen LogP contribution in [-0.2, 0) is 32.2 Å². The lowest BCUT2D eigenvalue weighted by Crippen LogP contribution is -2.43. The highest BCUT2D eigenvalue weighted by molar-refractivity contribution is 6.03. The molecule has 6 heteroatoms. The van der Waals surface area contributed by atoms with Crippen LogP contribution in [0.5, 0.6) is 11.5 Å². The van der Waals surface area contributed by atoms with E-state index in [0.29, 0.717) is 25.7 Å². The lowest BCUT2D eigenvalue weighted by atomic mass is 9.61. The van der Waals surface area contributed by atoms with Crippen LogP contribution in [0, 0.1) is 11.3 Å². The molecule has 2 aromatic rings. The Morgan fingerprint density at radius 3 is 2.12 bits per heavy atom. The molecule has 5 atom stereocenters. The van der Waals surface area contributed by atoms with E-state index in [1.165, 1.54) is 5.57 Å². The average Bonchev–Trinajstić information content (AvgIpc) is 3.68. The Kier molecular flexibility index (Phi) is 9.26. The maximum Gasteiger partial charge on any atom is 0.193 e. The molecule has 3 aliphatic rings. The van der Waals surface area contributed by atoms with Gasteiger partial charge in [0, 0.05) is 5.57 Å². The maximum absolute atomic E-state index is 14.4. The van der Waals surface area contributed by atoms with Crippen LogP contribution in [-0.4, -0.2) is 44.4 Å². The summed E-state index contributed by atoms with van der Waals surface area (Å²) in [5.41, 5.74) is 4.71. The summed E-state index contributed by atoms with van der Waals surface area (Å²) in [6.07, 6.45) is 6.05. The van der Waals surface area contributed by atoms with Crippen LogP contribution < -0.4 is 9.47 Å². The Labute approximate surface area is 251 Å². The van der Waals surface area contributed by atoms with Gasteiger partial charge in [0.25, 0.3) is 0 Å². The van der Waals surface area contributed by atoms with Crippen LogP contribution in [0.25, 0.3) is 0 Å². The molecular formula is C36H46O6. The van der Waals surface area contributed by atoms with E-state index in [0.717, 1.165) is 65.9 Å². The third-order valence-electron chi connectivity index (χ3n) is 9.84. The molecule has 0 aromatic heterocycles. The lowest BCUT2D eigenvalue weighted by Gasteiger charge is -2.46. The largest absolute Gasteiger partial charge is 0.497 e. The summed E-state index contributed by atoms with van der Waals surface area (Å²) in [6.45, 7) is 10.2. The summed E-state index contributed by atoms with van der Waals surface area (Å²) in [5.74, 6) is 2.00. The smallest absolute Gasteiger partial charge is 0.193 e. The quantitative estimate of drug-likeness (QED) is 0.230. The van der Waals surface area contributed by atoms with Crippen molar-refractivity contribution in [3.05, 3.63) is 82.5 Å². The van der Waals surface area contributed by atoms with Gasteiger partial charge < -0.3 is 23.7 Å². The first-order valence-corrected chi connectivity index (χ1v) is 15.2. The predicted molar refractivity (Wildman–Crippen MR) is 164 cm³/mol. The van der Waals surface area contributed by atoms with Crippen molar-refractivity contribution >= 4 is 5.78 Å². The molecular weight excluding hydrogens is 528 g/mol. The molecule has 0 N–H and O–H groups in total. The van der Waals surface area contributed by atoms with E-state index in [1.807, 2.05) is 48.5 Å². The number of benzene rings is 2. The number of carbonyl (C=O) groups excluding carboxylic acids is 1. The summed E-state index contributed by atoms with van der Waals surface area (Å²) in [4.78, 5) is 14.4. The third-order valence-corrected chi connectivity index (χ3v) is 9.84. The summed E-state index contributed by atoms with van der Waals surface area (Å²) in [5, 5.41) is 0. The van der Waals surface area contributed by atoms with Gasteiger partial charge in [-0.1, -0.05) is 49.8 Å². The molecule has 1 fully saturated rings. The first kappa shape index (κ1) is 30.5. The molecule has 2 aromatic carbocycles. The minimum Gasteiger partial charge on any atom is -0.497 e. The first-order chi connectivity index (χ1) is 20.2. The predicted octanol–water partition coefficient (Wildman–Crippen LogP) is 7.40. The number of rotatable bonds is 9. The summed E-state index contributed by atoms with van der Waals surface area (Å²) in [6, 6.07) is 15.8. The molecule has 2 aliphatic carbocycles. The second-order valence-electron chi connectivity index (χ2n) is 12.7. The molecule has 5 rings (SSSR count). The Balaban J connectivity index is 1.49. The number of hydrogen-bond acceptors (Lipinski definition) is 6. The lowest BCUT2D eigenvalue weighted by molar-refractivity contribution is -0.119. The number of methoxy groups -OCH3 is 2. The third kappa shape index (κ3) is 6.51. The van der Waals surface area contributed by atoms with Crippen molar-refractivity contribution in [1.29, 1.82) is 0 Å². The van der Waals surface area contributed by atoms with Gasteiger partial charge in [0.2, 0.25) is 0 Å². The number of hydrogen-bond donors (Lipinski definition) is 0. The fraction of sp³-hybridized carbons (Fsp3) is 0.528. The van der Waals surface area contributed by atoms with Crippen molar-refractivity contribution < 1.29 is 28.5 Å². The average molecular weight is 575 g/mol. The van der Waals surface area contributed by atoms with Gasteiger partial charge in [-0.25, -0.2) is 0 Å². The number of carbonyl (C=O) groups is 1. The molecule has 0 unspecified atom stereocenters. The molecule has 0 radical (unpaired) electrons. The van der Waals surface area contributed by atoms with Crippen LogP contribution in [0.3, 0.4) is 0 Å². The number of fused-ring (bicyclic) bond motifs is 2. The molecule has 1 heterocycles. The Morgan fingerprint density at radius 1 is 0.881 bits per heavy atom. The zero-order valence-corrected chi connectivity index (χ0v) is 26.0. The van der Waals surface area contributed by atoms with Crippen molar-refractivity contribution in [2.45, 2.75) is 90.8 Å². The minimum absolute atomic E-state index is 0.0691. The summed E-state index contributed by atoms with van der Waals surface area (Å²) >= 11 is 0. The number of epoxide rings is 1. The standard InChI is InChI=1S/C36H46O6/c1-24-8-7-18-36(4)34(42-36)33(37)32-30(23-40-21-26-9-13-28(38-5)14-10-26)35(3,19-17-24)25(2)20-31(32)41-22-27-11-15-29(39-6)16-12-27/h8-16,25,31,34H,7,17-23H2,1-6H3/b24-8+/t25-,31-,34-,35+,36-/m1/s1. The highest BCUT2D eigenvalue weighted by Gasteiger charge is 2.59. The molecule has 6 nitrogen and oxygen atoms in total. The van der Waals surface area contributed by atoms with Crippen molar-refractivity contribution in [1.82, 2.24) is 0 Å². The molecule has 0 amide bonds. The van der Waals surface area contributed by atoms with Gasteiger partial charge >= 0.3 is 0 Å². The summed E-state index contributed by atoms with van der Waals surface area (Å²) in [7, 11) is 3.33. The summed E-state index contributed by atoms with van der Waals surface area (Å²) < 4.78 is 29.8. The van der Waals surface area contributed by atoms with E-state index in [2.05, 4.69) is 33.8 Å². The van der Waals surface area contributed by atoms with Gasteiger partial charge in [0.15, 0.2) is 5.78 Å². The molecule has 1 saturated heterocycles. The van der Waals surface area contributed by atoms with Crippen LogP contribution >= 0.6 is 0 Å². The number of ketones is 1. The van der Waals surface area contributed by atoms with Gasteiger partial charge in [0.1, 0.15) is 23.2 Å². The van der Waals surface area contributed by atoms with Crippen LogP contribution in [0.1, 0.15) is 70.9 Å². The van der Waals surface area contributed by atoms with Gasteiger partial charge in [-0.2, -0.15) is 0 Å². The van der Waals surface area contributed by atoms with Gasteiger partial charge in [0.05, 0.1) is 40.1 Å². The second-order valence-corrected chi connectivity index (χ2v) is 12.7. The van der Waals surface area contributed by atoms with Crippen molar-refractivity contribution in [2.24, 2.45) is 11.3 Å². The first-order valence-electron chi connectivity index (χ1n) is 15.2. The Morgan fingerprint density at radius 2 is 1.50 bits per heavy atom. The van der Waals surface area contributed by atoms with E-state index >= 15 is 0 Å². The number of ether oxygens (including phenoxy) is 5. The van der Waals surface area contributed by atoms with Crippen LogP contribution in [0.15, 0.2) is 71.3 Å². The van der Waals surface area contributed by atoms with E-state index in [1.54, 1.807) is 14.2 Å². The molecule has 1 aliphatic heterocycles. The molecule has 42 heavy (non-hydrogen) atoms. The highest BCUT2D eigenvalue weighted by atomic mass is 16.6. The van der Waals surface area contributed by atoms with Crippen LogP contribution in [0.2, 0.25) is 0 Å². The van der Waals surface area contributed by atoms with E-state index in [9.17, 15) is 4.79 Å². The molecule has 2 bridgehead atoms.